The molecule has 0 bridgehead atoms. The molecular weight excluding hydrogens is 399 g/mol. The Morgan fingerprint density at radius 2 is 1.89 bits per heavy atom. The number of fused-ring (bicyclic) bond motifs is 1. The minimum Gasteiger partial charge on any atom is -0.322 e. The Kier molecular flexibility index (Phi) is 4.91. The first-order chi connectivity index (χ1) is 13.4. The minimum atomic E-state index is -3.64. The molecule has 1 amide bonds. The van der Waals surface area contributed by atoms with Crippen LogP contribution in [0.25, 0.3) is 0 Å². The molecule has 1 N–H and O–H groups in total. The van der Waals surface area contributed by atoms with Crippen LogP contribution in [0.1, 0.15) is 22.3 Å². The van der Waals surface area contributed by atoms with E-state index in [2.05, 4.69) is 5.32 Å². The van der Waals surface area contributed by atoms with Crippen molar-refractivity contribution < 1.29 is 17.6 Å². The van der Waals surface area contributed by atoms with Gasteiger partial charge in [-0.3, -0.25) is 9.10 Å². The van der Waals surface area contributed by atoms with Crippen LogP contribution in [0, 0.1) is 5.82 Å². The van der Waals surface area contributed by atoms with Gasteiger partial charge in [-0.05, 0) is 66.2 Å². The van der Waals surface area contributed by atoms with Crippen molar-refractivity contribution in [2.45, 2.75) is 17.1 Å². The van der Waals surface area contributed by atoms with E-state index < -0.39 is 15.8 Å². The van der Waals surface area contributed by atoms with E-state index in [-0.39, 0.29) is 5.91 Å². The van der Waals surface area contributed by atoms with Crippen LogP contribution in [0.4, 0.5) is 15.8 Å². The van der Waals surface area contributed by atoms with Gasteiger partial charge >= 0.3 is 0 Å². The highest BCUT2D eigenvalue weighted by atomic mass is 32.2. The van der Waals surface area contributed by atoms with Crippen LogP contribution < -0.4 is 9.62 Å². The summed E-state index contributed by atoms with van der Waals surface area (Å²) in [6, 6.07) is 13.8. The molecule has 0 aliphatic carbocycles. The van der Waals surface area contributed by atoms with Gasteiger partial charge in [0.15, 0.2) is 0 Å². The number of halogens is 1. The van der Waals surface area contributed by atoms with Crippen molar-refractivity contribution in [1.82, 2.24) is 0 Å². The maximum atomic E-state index is 13.0. The second kappa shape index (κ2) is 7.37. The normalized spacial score (nSPS) is 13.8. The lowest BCUT2D eigenvalue weighted by atomic mass is 10.0. The molecule has 2 heterocycles. The predicted octanol–water partition coefficient (Wildman–Crippen LogP) is 4.28. The number of rotatable bonds is 4. The molecule has 144 valence electrons. The zero-order valence-electron chi connectivity index (χ0n) is 14.8. The summed E-state index contributed by atoms with van der Waals surface area (Å²) in [6.45, 7) is 0.391. The Morgan fingerprint density at radius 1 is 1.11 bits per heavy atom. The fourth-order valence-electron chi connectivity index (χ4n) is 3.19. The van der Waals surface area contributed by atoms with Crippen molar-refractivity contribution in [3.63, 3.8) is 0 Å². The molecule has 0 fully saturated rings. The summed E-state index contributed by atoms with van der Waals surface area (Å²) in [5, 5.41) is 4.49. The average Bonchev–Trinajstić information content (AvgIpc) is 3.23. The number of anilines is 2. The third-order valence-corrected chi connectivity index (χ3v) is 7.75. The van der Waals surface area contributed by atoms with Gasteiger partial charge in [-0.15, -0.1) is 11.3 Å². The lowest BCUT2D eigenvalue weighted by Crippen LogP contribution is -2.35. The second-order valence-corrected chi connectivity index (χ2v) is 9.45. The molecule has 3 aromatic rings. The number of thiophene rings is 1. The number of carbonyl (C=O) groups excluding carboxylic acids is 1. The topological polar surface area (TPSA) is 66.5 Å². The van der Waals surface area contributed by atoms with Crippen LogP contribution in [-0.2, 0) is 16.4 Å². The van der Waals surface area contributed by atoms with Gasteiger partial charge in [-0.2, -0.15) is 0 Å². The molecule has 4 rings (SSSR count). The molecule has 0 saturated carbocycles. The van der Waals surface area contributed by atoms with Gasteiger partial charge in [0.05, 0.1) is 5.69 Å². The van der Waals surface area contributed by atoms with Crippen molar-refractivity contribution >= 4 is 38.6 Å². The quantitative estimate of drug-likeness (QED) is 0.690. The standard InChI is InChI=1S/C20H17FN2O3S2/c21-16-8-5-15(6-9-16)20(24)22-17-10-7-14-3-1-11-23(18(14)13-17)28(25,26)19-4-2-12-27-19/h2,4-10,12-13H,1,3,11H2,(H,22,24). The smallest absolute Gasteiger partial charge is 0.273 e. The van der Waals surface area contributed by atoms with Crippen molar-refractivity contribution in [2.75, 3.05) is 16.2 Å². The summed E-state index contributed by atoms with van der Waals surface area (Å²) >= 11 is 1.18. The van der Waals surface area contributed by atoms with Gasteiger partial charge in [0.25, 0.3) is 15.9 Å². The molecule has 0 saturated heterocycles. The summed E-state index contributed by atoms with van der Waals surface area (Å²) in [4.78, 5) is 12.4. The van der Waals surface area contributed by atoms with Crippen LogP contribution >= 0.6 is 11.3 Å². The monoisotopic (exact) mass is 416 g/mol. The number of carbonyl (C=O) groups is 1. The first-order valence-electron chi connectivity index (χ1n) is 8.71. The van der Waals surface area contributed by atoms with Crippen LogP contribution in [0.2, 0.25) is 0 Å². The van der Waals surface area contributed by atoms with E-state index >= 15 is 0 Å². The Balaban J connectivity index is 1.65. The lowest BCUT2D eigenvalue weighted by Gasteiger charge is -2.30. The second-order valence-electron chi connectivity index (χ2n) is 6.42. The van der Waals surface area contributed by atoms with Crippen LogP contribution in [0.5, 0.6) is 0 Å². The van der Waals surface area contributed by atoms with Gasteiger partial charge in [-0.25, -0.2) is 12.8 Å². The zero-order valence-corrected chi connectivity index (χ0v) is 16.4. The van der Waals surface area contributed by atoms with Gasteiger partial charge in [0.2, 0.25) is 0 Å². The third-order valence-electron chi connectivity index (χ3n) is 4.57. The van der Waals surface area contributed by atoms with Crippen molar-refractivity contribution in [2.24, 2.45) is 0 Å². The fourth-order valence-corrected chi connectivity index (χ4v) is 5.83. The Labute approximate surface area is 166 Å². The number of amides is 1. The van der Waals surface area contributed by atoms with Crippen molar-refractivity contribution in [3.05, 3.63) is 76.9 Å². The molecule has 0 radical (unpaired) electrons. The van der Waals surface area contributed by atoms with E-state index in [0.717, 1.165) is 18.4 Å². The molecule has 0 atom stereocenters. The maximum Gasteiger partial charge on any atom is 0.273 e. The number of hydrogen-bond acceptors (Lipinski definition) is 4. The molecule has 1 aliphatic rings. The first kappa shape index (κ1) is 18.6. The number of hydrogen-bond donors (Lipinski definition) is 1. The molecule has 2 aromatic carbocycles. The fraction of sp³-hybridized carbons (Fsp3) is 0.150. The number of aryl methyl sites for hydroxylation is 1. The number of nitrogens with one attached hydrogen (secondary N) is 1. The van der Waals surface area contributed by atoms with Gasteiger partial charge in [-0.1, -0.05) is 12.1 Å². The highest BCUT2D eigenvalue weighted by Gasteiger charge is 2.30. The Morgan fingerprint density at radius 3 is 2.61 bits per heavy atom. The summed E-state index contributed by atoms with van der Waals surface area (Å²) in [5.41, 5.74) is 2.31. The highest BCUT2D eigenvalue weighted by Crippen LogP contribution is 2.35. The van der Waals surface area contributed by atoms with Crippen LogP contribution in [-0.4, -0.2) is 20.9 Å². The van der Waals surface area contributed by atoms with E-state index in [1.54, 1.807) is 29.6 Å². The number of sulfonamides is 1. The summed E-state index contributed by atoms with van der Waals surface area (Å²) in [7, 11) is -3.64. The van der Waals surface area contributed by atoms with Crippen LogP contribution in [0.3, 0.4) is 0 Å². The molecule has 1 aliphatic heterocycles. The first-order valence-corrected chi connectivity index (χ1v) is 11.0. The predicted molar refractivity (Wildman–Crippen MR) is 108 cm³/mol. The van der Waals surface area contributed by atoms with E-state index in [4.69, 9.17) is 0 Å². The molecule has 0 unspecified atom stereocenters. The van der Waals surface area contributed by atoms with E-state index in [1.807, 2.05) is 6.07 Å². The zero-order chi connectivity index (χ0) is 19.7. The highest BCUT2D eigenvalue weighted by molar-refractivity contribution is 7.94. The van der Waals surface area contributed by atoms with E-state index in [0.29, 0.717) is 27.7 Å². The average molecular weight is 416 g/mol. The van der Waals surface area contributed by atoms with Crippen LogP contribution in [0.15, 0.2) is 64.2 Å². The Hall–Kier alpha value is -2.71. The third kappa shape index (κ3) is 3.53. The summed E-state index contributed by atoms with van der Waals surface area (Å²) < 4.78 is 40.8. The molecule has 5 nitrogen and oxygen atoms in total. The molecular formula is C20H17FN2O3S2. The number of nitrogens with zero attached hydrogens (tertiary/aromatic N) is 1. The molecule has 0 spiro atoms. The van der Waals surface area contributed by atoms with E-state index in [1.165, 1.54) is 39.9 Å². The summed E-state index contributed by atoms with van der Waals surface area (Å²) in [6.07, 6.45) is 1.51. The molecule has 28 heavy (non-hydrogen) atoms. The van der Waals surface area contributed by atoms with Gasteiger partial charge in [0, 0.05) is 17.8 Å². The maximum absolute atomic E-state index is 13.0. The molecule has 8 heteroatoms. The largest absolute Gasteiger partial charge is 0.322 e. The number of benzene rings is 2. The van der Waals surface area contributed by atoms with E-state index in [9.17, 15) is 17.6 Å². The minimum absolute atomic E-state index is 0.293. The molecule has 1 aromatic heterocycles. The SMILES string of the molecule is O=C(Nc1ccc2c(c1)N(S(=O)(=O)c1cccs1)CCC2)c1ccc(F)cc1. The van der Waals surface area contributed by atoms with Gasteiger partial charge < -0.3 is 5.32 Å². The summed E-state index contributed by atoms with van der Waals surface area (Å²) in [5.74, 6) is -0.803. The lowest BCUT2D eigenvalue weighted by molar-refractivity contribution is 0.102. The Bertz CT molecular complexity index is 1110. The van der Waals surface area contributed by atoms with Gasteiger partial charge in [0.1, 0.15) is 10.0 Å². The van der Waals surface area contributed by atoms with Crippen molar-refractivity contribution in [1.29, 1.82) is 0 Å². The van der Waals surface area contributed by atoms with Crippen molar-refractivity contribution in [3.8, 4) is 0 Å².